The van der Waals surface area contributed by atoms with E-state index in [1.165, 1.54) is 17.1 Å². The van der Waals surface area contributed by atoms with Crippen LogP contribution in [0.25, 0.3) is 0 Å². The van der Waals surface area contributed by atoms with Crippen molar-refractivity contribution in [2.45, 2.75) is 150 Å². The molecule has 2 rings (SSSR count). The number of ether oxygens (including phenoxy) is 2. The second-order valence-electron chi connectivity index (χ2n) is 17.2. The number of Topliss-reactive ketones (excluding diaryl/α,β-unsaturated/α-hetero) is 1. The first-order chi connectivity index (χ1) is 26.4. The molecule has 0 aromatic heterocycles. The fraction of sp³-hybridized carbons (Fsp3) is 0.814. The molecular weight excluding hydrogens is 714 g/mol. The summed E-state index contributed by atoms with van der Waals surface area (Å²) in [4.78, 5) is 82.3. The molecule has 0 spiro atoms. The number of nitrogens with one attached hydrogen (secondary N) is 1. The Morgan fingerprint density at radius 2 is 1.54 bits per heavy atom. The predicted molar refractivity (Wildman–Crippen MR) is 218 cm³/mol. The molecule has 0 bridgehead atoms. The number of rotatable bonds is 27. The van der Waals surface area contributed by atoms with Gasteiger partial charge >= 0.3 is 0 Å². The van der Waals surface area contributed by atoms with E-state index in [1.807, 2.05) is 39.6 Å². The highest BCUT2D eigenvalue weighted by Gasteiger charge is 2.41. The van der Waals surface area contributed by atoms with Gasteiger partial charge in [0.05, 0.1) is 42.7 Å². The van der Waals surface area contributed by atoms with Crippen LogP contribution in [0.3, 0.4) is 0 Å². The van der Waals surface area contributed by atoms with E-state index in [-0.39, 0.29) is 77.6 Å². The van der Waals surface area contributed by atoms with Gasteiger partial charge in [-0.3, -0.25) is 38.6 Å². The van der Waals surface area contributed by atoms with Crippen LogP contribution >= 0.6 is 0 Å². The normalized spacial score (nSPS) is 20.4. The molecule has 0 aromatic rings. The molecule has 1 saturated heterocycles. The molecule has 9 atom stereocenters. The Hall–Kier alpha value is -3.16. The Balaban J connectivity index is 2.02. The van der Waals surface area contributed by atoms with Gasteiger partial charge in [0.25, 0.3) is 11.8 Å². The minimum atomic E-state index is -0.629. The summed E-state index contributed by atoms with van der Waals surface area (Å²) in [7, 11) is 5.14. The van der Waals surface area contributed by atoms with Crippen molar-refractivity contribution >= 4 is 35.3 Å². The van der Waals surface area contributed by atoms with Crippen LogP contribution in [-0.2, 0) is 38.2 Å². The molecule has 3 N–H and O–H groups in total. The molecule has 1 unspecified atom stereocenters. The van der Waals surface area contributed by atoms with Crippen LogP contribution in [0.5, 0.6) is 0 Å². The van der Waals surface area contributed by atoms with Crippen molar-refractivity contribution in [3.63, 3.8) is 0 Å². The largest absolute Gasteiger partial charge is 0.381 e. The summed E-state index contributed by atoms with van der Waals surface area (Å²) in [5.74, 6) is -1.52. The Morgan fingerprint density at radius 1 is 0.911 bits per heavy atom. The SMILES string of the molecule is CC[C@H](C)[C@H](CC(C)CC(=O)[C@@H](NC(=O)[C@H](C(C)C)N(C)CCCCCCN1C(=O)C=CC1=O)C(C)C)[C@@H](CC(=O)N1CCC[C@H]1[C@H](OC)[C@@H](C)C(N)=O)OC. The second-order valence-corrected chi connectivity index (χ2v) is 17.2. The number of amides is 5. The monoisotopic (exact) mass is 790 g/mol. The number of primary amides is 1. The lowest BCUT2D eigenvalue weighted by molar-refractivity contribution is -0.142. The first kappa shape index (κ1) is 49.0. The minimum Gasteiger partial charge on any atom is -0.381 e. The van der Waals surface area contributed by atoms with Gasteiger partial charge in [-0.25, -0.2) is 0 Å². The number of nitrogens with zero attached hydrogens (tertiary/aromatic N) is 3. The smallest absolute Gasteiger partial charge is 0.253 e. The van der Waals surface area contributed by atoms with Gasteiger partial charge in [-0.1, -0.05) is 74.7 Å². The fourth-order valence-corrected chi connectivity index (χ4v) is 8.72. The number of carbonyl (C=O) groups excluding carboxylic acids is 6. The van der Waals surface area contributed by atoms with Gasteiger partial charge in [0.1, 0.15) is 0 Å². The highest BCUT2D eigenvalue weighted by molar-refractivity contribution is 6.12. The van der Waals surface area contributed by atoms with Crippen molar-refractivity contribution in [1.29, 1.82) is 0 Å². The molecule has 320 valence electrons. The lowest BCUT2D eigenvalue weighted by Crippen LogP contribution is -2.54. The Morgan fingerprint density at radius 3 is 2.07 bits per heavy atom. The summed E-state index contributed by atoms with van der Waals surface area (Å²) in [6.07, 6.45) is 8.78. The van der Waals surface area contributed by atoms with E-state index >= 15 is 0 Å². The minimum absolute atomic E-state index is 0.00166. The average Bonchev–Trinajstić information content (AvgIpc) is 3.75. The van der Waals surface area contributed by atoms with E-state index < -0.39 is 30.0 Å². The Labute approximate surface area is 337 Å². The number of unbranched alkanes of at least 4 members (excludes halogenated alkanes) is 3. The quantitative estimate of drug-likeness (QED) is 0.0882. The molecule has 2 aliphatic rings. The molecule has 13 heteroatoms. The molecule has 2 aliphatic heterocycles. The molecule has 1 fully saturated rings. The number of likely N-dealkylation sites (N-methyl/N-ethyl adjacent to an activating group) is 1. The van der Waals surface area contributed by atoms with E-state index in [4.69, 9.17) is 15.2 Å². The maximum Gasteiger partial charge on any atom is 0.253 e. The highest BCUT2D eigenvalue weighted by Crippen LogP contribution is 2.33. The van der Waals surface area contributed by atoms with Gasteiger partial charge < -0.3 is 25.4 Å². The first-order valence-electron chi connectivity index (χ1n) is 21.1. The molecule has 0 radical (unpaired) electrons. The van der Waals surface area contributed by atoms with Crippen molar-refractivity contribution in [2.75, 3.05) is 40.9 Å². The molecule has 5 amide bonds. The third kappa shape index (κ3) is 14.0. The molecule has 0 aliphatic carbocycles. The Bertz CT molecular complexity index is 1320. The molecule has 13 nitrogen and oxygen atoms in total. The fourth-order valence-electron chi connectivity index (χ4n) is 8.72. The highest BCUT2D eigenvalue weighted by atomic mass is 16.5. The van der Waals surface area contributed by atoms with Crippen LogP contribution < -0.4 is 11.1 Å². The van der Waals surface area contributed by atoms with E-state index in [9.17, 15) is 28.8 Å². The van der Waals surface area contributed by atoms with Crippen LogP contribution in [0.2, 0.25) is 0 Å². The van der Waals surface area contributed by atoms with Crippen molar-refractivity contribution in [1.82, 2.24) is 20.0 Å². The van der Waals surface area contributed by atoms with Crippen LogP contribution in [0.15, 0.2) is 12.2 Å². The van der Waals surface area contributed by atoms with Crippen LogP contribution in [-0.4, -0.2) is 121 Å². The van der Waals surface area contributed by atoms with Gasteiger partial charge in [-0.15, -0.1) is 0 Å². The van der Waals surface area contributed by atoms with Gasteiger partial charge in [0.15, 0.2) is 5.78 Å². The first-order valence-corrected chi connectivity index (χ1v) is 21.1. The summed E-state index contributed by atoms with van der Waals surface area (Å²) in [5, 5.41) is 3.13. The average molecular weight is 790 g/mol. The number of hydrogen-bond donors (Lipinski definition) is 2. The van der Waals surface area contributed by atoms with Gasteiger partial charge in [0, 0.05) is 45.9 Å². The third-order valence-corrected chi connectivity index (χ3v) is 12.2. The van der Waals surface area contributed by atoms with Crippen molar-refractivity contribution in [3.05, 3.63) is 12.2 Å². The molecular formula is C43H75N5O8. The van der Waals surface area contributed by atoms with Gasteiger partial charge in [-0.05, 0) is 75.3 Å². The maximum atomic E-state index is 13.9. The van der Waals surface area contributed by atoms with Crippen molar-refractivity contribution in [2.24, 2.45) is 41.2 Å². The van der Waals surface area contributed by atoms with E-state index in [0.717, 1.165) is 44.9 Å². The zero-order valence-corrected chi connectivity index (χ0v) is 36.4. The van der Waals surface area contributed by atoms with Crippen molar-refractivity contribution < 1.29 is 38.2 Å². The summed E-state index contributed by atoms with van der Waals surface area (Å²) in [6, 6.07) is -1.27. The van der Waals surface area contributed by atoms with E-state index in [0.29, 0.717) is 32.5 Å². The van der Waals surface area contributed by atoms with E-state index in [2.05, 4.69) is 31.0 Å². The number of imide groups is 1. The zero-order valence-electron chi connectivity index (χ0n) is 36.4. The second kappa shape index (κ2) is 23.9. The number of methoxy groups -OCH3 is 2. The number of carbonyl (C=O) groups is 6. The van der Waals surface area contributed by atoms with Gasteiger partial charge in [-0.2, -0.15) is 0 Å². The standard InChI is InChI=1S/C43H75N5O8/c1-12-30(7)32(35(55-10)26-38(52)47-23-17-18-33(47)41(56-11)31(8)42(44)53)24-29(6)25-34(49)39(27(2)3)45-43(54)40(28(4)5)46(9)21-15-13-14-16-22-48-36(50)19-20-37(48)51/h19-20,27-33,35,39-41H,12-18,21-26H2,1-11H3,(H2,44,53)(H,45,54)/t29?,30-,31+,32-,33-,35+,39-,40-,41+/m0/s1. The molecule has 56 heavy (non-hydrogen) atoms. The number of likely N-dealkylation sites (tertiary alicyclic amines) is 1. The van der Waals surface area contributed by atoms with Gasteiger partial charge in [0.2, 0.25) is 17.7 Å². The third-order valence-electron chi connectivity index (χ3n) is 12.2. The number of nitrogens with two attached hydrogens (primary N) is 1. The Kier molecular flexibility index (Phi) is 20.9. The van der Waals surface area contributed by atoms with E-state index in [1.54, 1.807) is 21.1 Å². The summed E-state index contributed by atoms with van der Waals surface area (Å²) in [6.45, 7) is 17.7. The topological polar surface area (TPSA) is 169 Å². The van der Waals surface area contributed by atoms with Crippen molar-refractivity contribution in [3.8, 4) is 0 Å². The molecule has 2 heterocycles. The van der Waals surface area contributed by atoms with Crippen LogP contribution in [0.1, 0.15) is 120 Å². The predicted octanol–water partition coefficient (Wildman–Crippen LogP) is 4.75. The maximum absolute atomic E-state index is 13.9. The lowest BCUT2D eigenvalue weighted by Gasteiger charge is -2.36. The number of hydrogen-bond acceptors (Lipinski definition) is 9. The molecule has 0 saturated carbocycles. The summed E-state index contributed by atoms with van der Waals surface area (Å²) < 4.78 is 11.7. The molecule has 0 aromatic carbocycles. The van der Waals surface area contributed by atoms with Crippen LogP contribution in [0, 0.1) is 35.5 Å². The summed E-state index contributed by atoms with van der Waals surface area (Å²) in [5.41, 5.74) is 5.61. The van der Waals surface area contributed by atoms with Crippen LogP contribution in [0.4, 0.5) is 0 Å². The number of ketones is 1. The summed E-state index contributed by atoms with van der Waals surface area (Å²) >= 11 is 0. The zero-order chi connectivity index (χ0) is 42.3. The lowest BCUT2D eigenvalue weighted by atomic mass is 9.77.